The Morgan fingerprint density at radius 3 is 2.63 bits per heavy atom. The average molecular weight is 320 g/mol. The summed E-state index contributed by atoms with van der Waals surface area (Å²) in [7, 11) is 0. The van der Waals surface area contributed by atoms with Gasteiger partial charge in [-0.3, -0.25) is 4.79 Å². The fourth-order valence-electron chi connectivity index (χ4n) is 2.09. The molecule has 1 aliphatic rings. The van der Waals surface area contributed by atoms with E-state index < -0.39 is 0 Å². The molecular weight excluding hydrogens is 306 g/mol. The highest BCUT2D eigenvalue weighted by molar-refractivity contribution is 9.10. The zero-order valence-corrected chi connectivity index (χ0v) is 12.0. The largest absolute Gasteiger partial charge is 0.484 e. The lowest BCUT2D eigenvalue weighted by Crippen LogP contribution is -2.44. The molecule has 98 valence electrons. The highest BCUT2D eigenvalue weighted by Gasteiger charge is 2.20. The van der Waals surface area contributed by atoms with Crippen LogP contribution < -0.4 is 4.74 Å². The first-order valence-electron chi connectivity index (χ1n) is 6.32. The molecule has 2 aromatic rings. The minimum atomic E-state index is 0.0714. The molecule has 1 saturated heterocycles. The molecule has 4 heteroatoms. The number of amides is 1. The zero-order chi connectivity index (χ0) is 13.2. The van der Waals surface area contributed by atoms with Gasteiger partial charge in [-0.25, -0.2) is 0 Å². The lowest BCUT2D eigenvalue weighted by molar-refractivity contribution is -0.136. The van der Waals surface area contributed by atoms with Crippen molar-refractivity contribution in [3.05, 3.63) is 40.9 Å². The van der Waals surface area contributed by atoms with Gasteiger partial charge in [-0.2, -0.15) is 0 Å². The number of rotatable bonds is 3. The number of hydrogen-bond acceptors (Lipinski definition) is 2. The molecule has 3 rings (SSSR count). The van der Waals surface area contributed by atoms with Crippen LogP contribution in [0.5, 0.6) is 5.75 Å². The Balaban J connectivity index is 1.70. The van der Waals surface area contributed by atoms with Crippen LogP contribution in [0.3, 0.4) is 0 Å². The van der Waals surface area contributed by atoms with E-state index in [1.165, 1.54) is 0 Å². The van der Waals surface area contributed by atoms with Crippen LogP contribution in [0.15, 0.2) is 40.9 Å². The zero-order valence-electron chi connectivity index (χ0n) is 10.4. The van der Waals surface area contributed by atoms with E-state index >= 15 is 0 Å². The van der Waals surface area contributed by atoms with Gasteiger partial charge in [-0.1, -0.05) is 28.1 Å². The van der Waals surface area contributed by atoms with Crippen molar-refractivity contribution in [3.8, 4) is 5.75 Å². The predicted octanol–water partition coefficient (Wildman–Crippen LogP) is 3.21. The van der Waals surface area contributed by atoms with Crippen LogP contribution in [0, 0.1) is 0 Å². The monoisotopic (exact) mass is 319 g/mol. The maximum atomic E-state index is 11.7. The smallest absolute Gasteiger partial charge is 0.260 e. The van der Waals surface area contributed by atoms with Crippen molar-refractivity contribution in [2.24, 2.45) is 0 Å². The summed E-state index contributed by atoms with van der Waals surface area (Å²) in [5.74, 6) is 0.811. The van der Waals surface area contributed by atoms with Crippen molar-refractivity contribution < 1.29 is 9.53 Å². The van der Waals surface area contributed by atoms with E-state index in [2.05, 4.69) is 22.0 Å². The third kappa shape index (κ3) is 2.73. The molecule has 0 atom stereocenters. The molecule has 19 heavy (non-hydrogen) atoms. The van der Waals surface area contributed by atoms with E-state index in [1.54, 1.807) is 0 Å². The number of hydrogen-bond donors (Lipinski definition) is 0. The summed E-state index contributed by atoms with van der Waals surface area (Å²) < 4.78 is 6.62. The molecule has 1 amide bonds. The number of likely N-dealkylation sites (tertiary alicyclic amines) is 1. The van der Waals surface area contributed by atoms with Crippen LogP contribution in [-0.2, 0) is 4.79 Å². The molecule has 0 unspecified atom stereocenters. The molecule has 0 bridgehead atoms. The van der Waals surface area contributed by atoms with Gasteiger partial charge in [-0.05, 0) is 41.5 Å². The van der Waals surface area contributed by atoms with Crippen molar-refractivity contribution in [3.63, 3.8) is 0 Å². The van der Waals surface area contributed by atoms with Gasteiger partial charge in [0.1, 0.15) is 5.75 Å². The molecular formula is C15H14BrNO2. The Labute approximate surface area is 120 Å². The van der Waals surface area contributed by atoms with Gasteiger partial charge < -0.3 is 9.64 Å². The van der Waals surface area contributed by atoms with Gasteiger partial charge in [-0.15, -0.1) is 0 Å². The minimum absolute atomic E-state index is 0.0714. The highest BCUT2D eigenvalue weighted by atomic mass is 79.9. The molecule has 0 saturated carbocycles. The molecule has 1 heterocycles. The summed E-state index contributed by atoms with van der Waals surface area (Å²) in [5, 5.41) is 2.26. The maximum Gasteiger partial charge on any atom is 0.260 e. The molecule has 0 spiro atoms. The average Bonchev–Trinajstić information content (AvgIpc) is 2.34. The fourth-order valence-corrected chi connectivity index (χ4v) is 2.47. The number of carbonyl (C=O) groups excluding carboxylic acids is 1. The van der Waals surface area contributed by atoms with Gasteiger partial charge in [0, 0.05) is 17.6 Å². The van der Waals surface area contributed by atoms with E-state index in [4.69, 9.17) is 4.74 Å². The first-order valence-corrected chi connectivity index (χ1v) is 7.11. The Kier molecular flexibility index (Phi) is 3.42. The molecule has 1 aliphatic heterocycles. The third-order valence-electron chi connectivity index (χ3n) is 3.34. The summed E-state index contributed by atoms with van der Waals surface area (Å²) >= 11 is 3.45. The van der Waals surface area contributed by atoms with Crippen LogP contribution in [-0.4, -0.2) is 30.5 Å². The van der Waals surface area contributed by atoms with Crippen molar-refractivity contribution >= 4 is 32.6 Å². The normalized spacial score (nSPS) is 14.3. The molecule has 0 N–H and O–H groups in total. The lowest BCUT2D eigenvalue weighted by Gasteiger charge is -2.30. The molecule has 0 aromatic heterocycles. The summed E-state index contributed by atoms with van der Waals surface area (Å²) in [6.07, 6.45) is 1.11. The Morgan fingerprint density at radius 2 is 1.89 bits per heavy atom. The van der Waals surface area contributed by atoms with Crippen molar-refractivity contribution in [2.45, 2.75) is 6.42 Å². The predicted molar refractivity (Wildman–Crippen MR) is 78.3 cm³/mol. The number of carbonyl (C=O) groups is 1. The van der Waals surface area contributed by atoms with Crippen LogP contribution >= 0.6 is 15.9 Å². The number of nitrogens with zero attached hydrogens (tertiary/aromatic N) is 1. The lowest BCUT2D eigenvalue weighted by atomic mass is 10.1. The summed E-state index contributed by atoms with van der Waals surface area (Å²) in [4.78, 5) is 13.5. The number of fused-ring (bicyclic) bond motifs is 1. The molecule has 3 nitrogen and oxygen atoms in total. The van der Waals surface area contributed by atoms with Crippen LogP contribution in [0.25, 0.3) is 10.8 Å². The summed E-state index contributed by atoms with van der Waals surface area (Å²) in [6, 6.07) is 12.0. The molecule has 0 aliphatic carbocycles. The Bertz CT molecular complexity index is 623. The fraction of sp³-hybridized carbons (Fsp3) is 0.267. The molecule has 0 radical (unpaired) electrons. The molecule has 1 fully saturated rings. The van der Waals surface area contributed by atoms with Crippen molar-refractivity contribution in [1.82, 2.24) is 4.90 Å². The van der Waals surface area contributed by atoms with Crippen LogP contribution in [0.4, 0.5) is 0 Å². The van der Waals surface area contributed by atoms with E-state index in [0.717, 1.165) is 40.5 Å². The van der Waals surface area contributed by atoms with Crippen LogP contribution in [0.1, 0.15) is 6.42 Å². The SMILES string of the molecule is O=C(COc1ccc2cc(Br)ccc2c1)N1CCC1. The summed E-state index contributed by atoms with van der Waals surface area (Å²) in [6.45, 7) is 1.86. The number of benzene rings is 2. The standard InChI is InChI=1S/C15H14BrNO2/c16-13-4-2-12-9-14(5-3-11(12)8-13)19-10-15(18)17-6-1-7-17/h2-5,8-9H,1,6-7,10H2. The summed E-state index contributed by atoms with van der Waals surface area (Å²) in [5.41, 5.74) is 0. The van der Waals surface area contributed by atoms with E-state index in [1.807, 2.05) is 35.2 Å². The van der Waals surface area contributed by atoms with Crippen LogP contribution in [0.2, 0.25) is 0 Å². The van der Waals surface area contributed by atoms with Crippen molar-refractivity contribution in [1.29, 1.82) is 0 Å². The topological polar surface area (TPSA) is 29.5 Å². The van der Waals surface area contributed by atoms with Gasteiger partial charge in [0.05, 0.1) is 0 Å². The van der Waals surface area contributed by atoms with E-state index in [0.29, 0.717) is 0 Å². The first kappa shape index (κ1) is 12.5. The van der Waals surface area contributed by atoms with Gasteiger partial charge >= 0.3 is 0 Å². The Hall–Kier alpha value is -1.55. The number of halogens is 1. The van der Waals surface area contributed by atoms with E-state index in [-0.39, 0.29) is 12.5 Å². The maximum absolute atomic E-state index is 11.7. The second-order valence-corrected chi connectivity index (χ2v) is 5.59. The molecule has 2 aromatic carbocycles. The van der Waals surface area contributed by atoms with Gasteiger partial charge in [0.15, 0.2) is 6.61 Å². The quantitative estimate of drug-likeness (QED) is 0.869. The van der Waals surface area contributed by atoms with Crippen molar-refractivity contribution in [2.75, 3.05) is 19.7 Å². The highest BCUT2D eigenvalue weighted by Crippen LogP contribution is 2.24. The first-order chi connectivity index (χ1) is 9.22. The van der Waals surface area contributed by atoms with Gasteiger partial charge in [0.25, 0.3) is 5.91 Å². The second kappa shape index (κ2) is 5.21. The van der Waals surface area contributed by atoms with Gasteiger partial charge in [0.2, 0.25) is 0 Å². The van der Waals surface area contributed by atoms with E-state index in [9.17, 15) is 4.79 Å². The number of ether oxygens (including phenoxy) is 1. The minimum Gasteiger partial charge on any atom is -0.484 e. The third-order valence-corrected chi connectivity index (χ3v) is 3.84. The second-order valence-electron chi connectivity index (χ2n) is 4.68. The Morgan fingerprint density at radius 1 is 1.16 bits per heavy atom.